The van der Waals surface area contributed by atoms with Crippen LogP contribution in [0, 0.1) is 17.2 Å². The van der Waals surface area contributed by atoms with E-state index in [1.807, 2.05) is 26.8 Å². The Morgan fingerprint density at radius 3 is 2.60 bits per heavy atom. The van der Waals surface area contributed by atoms with Gasteiger partial charge in [0.25, 0.3) is 5.91 Å². The Balaban J connectivity index is 2.30. The minimum atomic E-state index is -0.303. The highest BCUT2D eigenvalue weighted by atomic mass is 19.1. The van der Waals surface area contributed by atoms with Crippen LogP contribution in [0.5, 0.6) is 0 Å². The zero-order valence-corrected chi connectivity index (χ0v) is 12.0. The average Bonchev–Trinajstić information content (AvgIpc) is 2.92. The number of amides is 1. The molecule has 1 fully saturated rings. The first-order valence-corrected chi connectivity index (χ1v) is 6.70. The van der Waals surface area contributed by atoms with Crippen molar-refractivity contribution in [3.63, 3.8) is 0 Å². The largest absolute Gasteiger partial charge is 0.370 e. The molecule has 1 aromatic rings. The monoisotopic (exact) mass is 277 g/mol. The van der Waals surface area contributed by atoms with Gasteiger partial charge in [0.1, 0.15) is 5.82 Å². The van der Waals surface area contributed by atoms with E-state index in [1.165, 1.54) is 6.07 Å². The van der Waals surface area contributed by atoms with E-state index in [9.17, 15) is 9.18 Å². The SMILES string of the molecule is CCc1cc([C@@H]2[C@@H](C(=O)N=C(N)N)C2(C)C)ccc1F. The maximum absolute atomic E-state index is 13.6. The molecule has 0 bridgehead atoms. The summed E-state index contributed by atoms with van der Waals surface area (Å²) in [4.78, 5) is 15.6. The summed E-state index contributed by atoms with van der Waals surface area (Å²) in [6.45, 7) is 5.90. The third-order valence-corrected chi connectivity index (χ3v) is 4.14. The summed E-state index contributed by atoms with van der Waals surface area (Å²) in [5, 5.41) is 0. The lowest BCUT2D eigenvalue weighted by Crippen LogP contribution is -2.25. The van der Waals surface area contributed by atoms with E-state index in [2.05, 4.69) is 4.99 Å². The fraction of sp³-hybridized carbons (Fsp3) is 0.467. The molecule has 2 rings (SSSR count). The molecule has 0 aromatic heterocycles. The average molecular weight is 277 g/mol. The topological polar surface area (TPSA) is 81.5 Å². The molecule has 0 unspecified atom stereocenters. The summed E-state index contributed by atoms with van der Waals surface area (Å²) < 4.78 is 13.6. The van der Waals surface area contributed by atoms with E-state index in [1.54, 1.807) is 6.07 Å². The lowest BCUT2D eigenvalue weighted by Gasteiger charge is -2.06. The fourth-order valence-corrected chi connectivity index (χ4v) is 2.98. The number of aryl methyl sites for hydroxylation is 1. The van der Waals surface area contributed by atoms with Gasteiger partial charge in [0.15, 0.2) is 5.96 Å². The molecule has 1 saturated carbocycles. The van der Waals surface area contributed by atoms with Crippen molar-refractivity contribution in [1.82, 2.24) is 0 Å². The van der Waals surface area contributed by atoms with Crippen LogP contribution in [0.25, 0.3) is 0 Å². The number of carbonyl (C=O) groups excluding carboxylic acids is 1. The highest BCUT2D eigenvalue weighted by molar-refractivity contribution is 5.95. The van der Waals surface area contributed by atoms with Crippen LogP contribution in [-0.4, -0.2) is 11.9 Å². The lowest BCUT2D eigenvalue weighted by atomic mass is 10.00. The van der Waals surface area contributed by atoms with Crippen molar-refractivity contribution in [2.75, 3.05) is 0 Å². The zero-order chi connectivity index (χ0) is 15.1. The maximum atomic E-state index is 13.6. The van der Waals surface area contributed by atoms with Crippen molar-refractivity contribution in [2.45, 2.75) is 33.1 Å². The van der Waals surface area contributed by atoms with Gasteiger partial charge in [-0.1, -0.05) is 32.9 Å². The zero-order valence-electron chi connectivity index (χ0n) is 12.0. The van der Waals surface area contributed by atoms with E-state index in [4.69, 9.17) is 11.5 Å². The second kappa shape index (κ2) is 4.89. The number of halogens is 1. The predicted molar refractivity (Wildman–Crippen MR) is 76.6 cm³/mol. The van der Waals surface area contributed by atoms with Gasteiger partial charge in [0.2, 0.25) is 0 Å². The minimum Gasteiger partial charge on any atom is -0.370 e. The van der Waals surface area contributed by atoms with Gasteiger partial charge in [0.05, 0.1) is 5.92 Å². The van der Waals surface area contributed by atoms with Crippen LogP contribution in [0.1, 0.15) is 37.8 Å². The van der Waals surface area contributed by atoms with Crippen LogP contribution >= 0.6 is 0 Å². The summed E-state index contributed by atoms with van der Waals surface area (Å²) in [7, 11) is 0. The number of nitrogens with zero attached hydrogens (tertiary/aromatic N) is 1. The molecule has 1 amide bonds. The van der Waals surface area contributed by atoms with E-state index in [-0.39, 0.29) is 34.9 Å². The van der Waals surface area contributed by atoms with Crippen molar-refractivity contribution in [1.29, 1.82) is 0 Å². The van der Waals surface area contributed by atoms with Gasteiger partial charge in [0, 0.05) is 5.92 Å². The number of benzene rings is 1. The lowest BCUT2D eigenvalue weighted by molar-refractivity contribution is -0.119. The molecule has 0 spiro atoms. The summed E-state index contributed by atoms with van der Waals surface area (Å²) in [6, 6.07) is 5.04. The minimum absolute atomic E-state index is 0.0315. The van der Waals surface area contributed by atoms with Gasteiger partial charge < -0.3 is 11.5 Å². The fourth-order valence-electron chi connectivity index (χ4n) is 2.98. The van der Waals surface area contributed by atoms with Crippen LogP contribution in [-0.2, 0) is 11.2 Å². The second-order valence-corrected chi connectivity index (χ2v) is 5.86. The Kier molecular flexibility index (Phi) is 3.54. The molecule has 0 heterocycles. The van der Waals surface area contributed by atoms with Gasteiger partial charge in [-0.3, -0.25) is 4.79 Å². The van der Waals surface area contributed by atoms with Crippen molar-refractivity contribution in [3.8, 4) is 0 Å². The molecule has 0 radical (unpaired) electrons. The smallest absolute Gasteiger partial charge is 0.253 e. The van der Waals surface area contributed by atoms with Crippen LogP contribution in [0.4, 0.5) is 4.39 Å². The van der Waals surface area contributed by atoms with Crippen LogP contribution < -0.4 is 11.5 Å². The van der Waals surface area contributed by atoms with Gasteiger partial charge >= 0.3 is 0 Å². The van der Waals surface area contributed by atoms with Gasteiger partial charge in [-0.25, -0.2) is 4.39 Å². The first-order chi connectivity index (χ1) is 9.28. The van der Waals surface area contributed by atoms with Crippen molar-refractivity contribution >= 4 is 11.9 Å². The number of rotatable bonds is 3. The molecule has 1 aromatic carbocycles. The number of nitrogens with two attached hydrogens (primary N) is 2. The van der Waals surface area contributed by atoms with Crippen LogP contribution in [0.3, 0.4) is 0 Å². The standard InChI is InChI=1S/C15H20FN3O/c1-4-8-7-9(5-6-10(8)16)11-12(15(11,2)3)13(20)19-14(17)18/h5-7,11-12H,4H2,1-3H3,(H4,17,18,19,20)/t11-,12+/m1/s1. The van der Waals surface area contributed by atoms with Crippen molar-refractivity contribution in [3.05, 3.63) is 35.1 Å². The summed E-state index contributed by atoms with van der Waals surface area (Å²) >= 11 is 0. The summed E-state index contributed by atoms with van der Waals surface area (Å²) in [5.74, 6) is -0.947. The molecular weight excluding hydrogens is 257 g/mol. The summed E-state index contributed by atoms with van der Waals surface area (Å²) in [6.07, 6.45) is 0.624. The molecule has 1 aliphatic rings. The Hall–Kier alpha value is -1.91. The Labute approximate surface area is 118 Å². The molecule has 2 atom stereocenters. The van der Waals surface area contributed by atoms with Crippen LogP contribution in [0.2, 0.25) is 0 Å². The van der Waals surface area contributed by atoms with E-state index < -0.39 is 0 Å². The molecule has 20 heavy (non-hydrogen) atoms. The molecule has 0 saturated heterocycles. The molecular formula is C15H20FN3O. The highest BCUT2D eigenvalue weighted by Crippen LogP contribution is 2.64. The van der Waals surface area contributed by atoms with E-state index >= 15 is 0 Å². The first kappa shape index (κ1) is 14.5. The number of carbonyl (C=O) groups is 1. The molecule has 0 aliphatic heterocycles. The van der Waals surface area contributed by atoms with E-state index in [0.29, 0.717) is 12.0 Å². The Morgan fingerprint density at radius 2 is 2.05 bits per heavy atom. The number of hydrogen-bond acceptors (Lipinski definition) is 1. The van der Waals surface area contributed by atoms with Gasteiger partial charge in [-0.15, -0.1) is 0 Å². The first-order valence-electron chi connectivity index (χ1n) is 6.70. The summed E-state index contributed by atoms with van der Waals surface area (Å²) in [5.41, 5.74) is 11.9. The normalized spacial score (nSPS) is 23.2. The van der Waals surface area contributed by atoms with E-state index in [0.717, 1.165) is 5.56 Å². The molecule has 108 valence electrons. The number of guanidine groups is 1. The predicted octanol–water partition coefficient (Wildman–Crippen LogP) is 1.93. The van der Waals surface area contributed by atoms with Crippen molar-refractivity contribution < 1.29 is 9.18 Å². The Morgan fingerprint density at radius 1 is 1.40 bits per heavy atom. The number of hydrogen-bond donors (Lipinski definition) is 2. The third-order valence-electron chi connectivity index (χ3n) is 4.14. The van der Waals surface area contributed by atoms with Crippen LogP contribution in [0.15, 0.2) is 23.2 Å². The Bertz CT molecular complexity index is 576. The highest BCUT2D eigenvalue weighted by Gasteiger charge is 2.62. The molecule has 4 nitrogen and oxygen atoms in total. The molecule has 5 heteroatoms. The molecule has 1 aliphatic carbocycles. The third kappa shape index (κ3) is 2.40. The molecule has 4 N–H and O–H groups in total. The van der Waals surface area contributed by atoms with Gasteiger partial charge in [-0.2, -0.15) is 4.99 Å². The van der Waals surface area contributed by atoms with Gasteiger partial charge in [-0.05, 0) is 29.0 Å². The number of aliphatic imine (C=N–C) groups is 1. The quantitative estimate of drug-likeness (QED) is 0.654. The van der Waals surface area contributed by atoms with Crippen molar-refractivity contribution in [2.24, 2.45) is 27.8 Å². The maximum Gasteiger partial charge on any atom is 0.253 e. The second-order valence-electron chi connectivity index (χ2n) is 5.86.